The number of rotatable bonds is 4. The van der Waals surface area contributed by atoms with Gasteiger partial charge in [-0.25, -0.2) is 0 Å². The molecule has 41 heavy (non-hydrogen) atoms. The maximum absolute atomic E-state index is 3.65. The lowest BCUT2D eigenvalue weighted by Gasteiger charge is -2.19. The Bertz CT molecular complexity index is 1850. The second-order valence-corrected chi connectivity index (χ2v) is 12.5. The SMILES string of the molecule is Cc1cc(C)cc(-c2[c]c3ccccc3cc2)c1.[c]1c(P(c2ccccc2)c2ccccc2)ccc2ccccc12. The van der Waals surface area contributed by atoms with Crippen LogP contribution in [0.3, 0.4) is 0 Å². The van der Waals surface area contributed by atoms with Gasteiger partial charge < -0.3 is 0 Å². The van der Waals surface area contributed by atoms with E-state index in [9.17, 15) is 0 Å². The second-order valence-electron chi connectivity index (χ2n) is 10.3. The molecule has 0 atom stereocenters. The van der Waals surface area contributed by atoms with Crippen LogP contribution in [0.5, 0.6) is 0 Å². The van der Waals surface area contributed by atoms with Gasteiger partial charge in [0, 0.05) is 0 Å². The fraction of sp³-hybridized carbons (Fsp3) is 0.0500. The number of benzene rings is 7. The van der Waals surface area contributed by atoms with E-state index in [4.69, 9.17) is 0 Å². The largest absolute Gasteiger partial charge is 0.0622 e. The fourth-order valence-corrected chi connectivity index (χ4v) is 7.48. The monoisotopic (exact) mass is 542 g/mol. The van der Waals surface area contributed by atoms with Gasteiger partial charge in [0.15, 0.2) is 0 Å². The summed E-state index contributed by atoms with van der Waals surface area (Å²) < 4.78 is 0. The van der Waals surface area contributed by atoms with Gasteiger partial charge in [0.05, 0.1) is 0 Å². The Labute approximate surface area is 244 Å². The average Bonchev–Trinajstić information content (AvgIpc) is 3.02. The van der Waals surface area contributed by atoms with Crippen LogP contribution in [0.2, 0.25) is 0 Å². The molecule has 0 bridgehead atoms. The summed E-state index contributed by atoms with van der Waals surface area (Å²) in [6.07, 6.45) is 0. The highest BCUT2D eigenvalue weighted by atomic mass is 31.1. The van der Waals surface area contributed by atoms with E-state index in [0.717, 1.165) is 0 Å². The summed E-state index contributed by atoms with van der Waals surface area (Å²) in [5.41, 5.74) is 5.01. The van der Waals surface area contributed by atoms with Crippen molar-refractivity contribution >= 4 is 45.4 Å². The van der Waals surface area contributed by atoms with Gasteiger partial charge in [0.25, 0.3) is 0 Å². The Hall–Kier alpha value is -4.51. The Morgan fingerprint density at radius 2 is 0.927 bits per heavy atom. The van der Waals surface area contributed by atoms with Crippen LogP contribution in [0, 0.1) is 26.0 Å². The Kier molecular flexibility index (Phi) is 8.04. The number of hydrogen-bond acceptors (Lipinski definition) is 0. The first-order valence-electron chi connectivity index (χ1n) is 14.0. The number of aryl methyl sites for hydroxylation is 2. The van der Waals surface area contributed by atoms with Crippen LogP contribution in [0.1, 0.15) is 11.1 Å². The van der Waals surface area contributed by atoms with Crippen molar-refractivity contribution in [3.05, 3.63) is 175 Å². The van der Waals surface area contributed by atoms with Gasteiger partial charge >= 0.3 is 0 Å². The van der Waals surface area contributed by atoms with Crippen LogP contribution < -0.4 is 15.9 Å². The average molecular weight is 543 g/mol. The molecule has 0 fully saturated rings. The van der Waals surface area contributed by atoms with Crippen molar-refractivity contribution in [2.45, 2.75) is 13.8 Å². The van der Waals surface area contributed by atoms with Crippen molar-refractivity contribution in [2.75, 3.05) is 0 Å². The standard InChI is InChI=1S/C22H16P.C18H15/c1-3-11-20(12-4-1)23(21-13-5-2-6-14-21)22-16-15-18-9-7-8-10-19(18)17-22;1-13-9-14(2)11-18(10-13)17-8-7-15-5-3-4-6-16(15)12-17/h1-16H;3-11H,1-2H3. The normalized spacial score (nSPS) is 10.9. The summed E-state index contributed by atoms with van der Waals surface area (Å²) in [6.45, 7) is 4.27. The first-order valence-corrected chi connectivity index (χ1v) is 15.3. The van der Waals surface area contributed by atoms with Crippen LogP contribution in [-0.2, 0) is 0 Å². The summed E-state index contributed by atoms with van der Waals surface area (Å²) >= 11 is 0. The van der Waals surface area contributed by atoms with Crippen LogP contribution in [-0.4, -0.2) is 0 Å². The fourth-order valence-electron chi connectivity index (χ4n) is 5.23. The molecule has 0 aliphatic carbocycles. The molecule has 0 aromatic heterocycles. The van der Waals surface area contributed by atoms with Gasteiger partial charge in [-0.2, -0.15) is 0 Å². The van der Waals surface area contributed by atoms with Crippen molar-refractivity contribution in [1.29, 1.82) is 0 Å². The van der Waals surface area contributed by atoms with Crippen molar-refractivity contribution in [2.24, 2.45) is 0 Å². The lowest BCUT2D eigenvalue weighted by atomic mass is 9.98. The molecule has 0 saturated heterocycles. The molecule has 0 heterocycles. The molecule has 0 aliphatic heterocycles. The molecule has 7 aromatic rings. The molecule has 7 rings (SSSR count). The molecule has 0 unspecified atom stereocenters. The lowest BCUT2D eigenvalue weighted by molar-refractivity contribution is 1.38. The first-order chi connectivity index (χ1) is 20.1. The highest BCUT2D eigenvalue weighted by Gasteiger charge is 2.16. The quantitative estimate of drug-likeness (QED) is 0.194. The molecule has 0 aliphatic rings. The maximum Gasteiger partial charge on any atom is -0.000884 e. The predicted octanol–water partition coefficient (Wildman–Crippen LogP) is 9.32. The minimum absolute atomic E-state index is 0.575. The zero-order chi connectivity index (χ0) is 28.0. The number of fused-ring (bicyclic) bond motifs is 2. The molecule has 196 valence electrons. The molecule has 0 saturated carbocycles. The van der Waals surface area contributed by atoms with Crippen LogP contribution in [0.15, 0.2) is 152 Å². The van der Waals surface area contributed by atoms with Gasteiger partial charge in [-0.15, -0.1) is 0 Å². The first kappa shape index (κ1) is 26.7. The van der Waals surface area contributed by atoms with Gasteiger partial charge in [-0.3, -0.25) is 0 Å². The Morgan fingerprint density at radius 1 is 0.439 bits per heavy atom. The van der Waals surface area contributed by atoms with Crippen LogP contribution in [0.4, 0.5) is 0 Å². The van der Waals surface area contributed by atoms with Crippen molar-refractivity contribution in [1.82, 2.24) is 0 Å². The Morgan fingerprint density at radius 3 is 1.51 bits per heavy atom. The highest BCUT2D eigenvalue weighted by molar-refractivity contribution is 7.79. The maximum atomic E-state index is 3.65. The van der Waals surface area contributed by atoms with E-state index in [-0.39, 0.29) is 0 Å². The predicted molar refractivity (Wildman–Crippen MR) is 179 cm³/mol. The summed E-state index contributed by atoms with van der Waals surface area (Å²) in [5.74, 6) is 0. The summed E-state index contributed by atoms with van der Waals surface area (Å²) in [7, 11) is -0.575. The minimum Gasteiger partial charge on any atom is -0.0622 e. The van der Waals surface area contributed by atoms with Crippen molar-refractivity contribution in [3.8, 4) is 11.1 Å². The minimum atomic E-state index is -0.575. The molecule has 0 amide bonds. The van der Waals surface area contributed by atoms with Crippen LogP contribution >= 0.6 is 7.92 Å². The molecule has 0 nitrogen and oxygen atoms in total. The summed E-state index contributed by atoms with van der Waals surface area (Å²) in [4.78, 5) is 0. The zero-order valence-corrected chi connectivity index (χ0v) is 24.3. The molecular weight excluding hydrogens is 511 g/mol. The molecular formula is C40H31P. The summed E-state index contributed by atoms with van der Waals surface area (Å²) in [6, 6.07) is 60.9. The van der Waals surface area contributed by atoms with E-state index in [1.54, 1.807) is 0 Å². The van der Waals surface area contributed by atoms with Gasteiger partial charge in [-0.1, -0.05) is 163 Å². The van der Waals surface area contributed by atoms with Gasteiger partial charge in [0.2, 0.25) is 0 Å². The van der Waals surface area contributed by atoms with E-state index in [2.05, 4.69) is 178 Å². The van der Waals surface area contributed by atoms with E-state index in [1.807, 2.05) is 0 Å². The van der Waals surface area contributed by atoms with E-state index < -0.39 is 7.92 Å². The molecule has 0 N–H and O–H groups in total. The van der Waals surface area contributed by atoms with Crippen molar-refractivity contribution < 1.29 is 0 Å². The van der Waals surface area contributed by atoms with E-state index in [0.29, 0.717) is 0 Å². The molecule has 0 spiro atoms. The molecule has 7 aromatic carbocycles. The van der Waals surface area contributed by atoms with Gasteiger partial charge in [-0.05, 0) is 82.5 Å². The third kappa shape index (κ3) is 6.30. The zero-order valence-electron chi connectivity index (χ0n) is 23.4. The summed E-state index contributed by atoms with van der Waals surface area (Å²) in [5, 5.41) is 8.84. The highest BCUT2D eigenvalue weighted by Crippen LogP contribution is 2.33. The topological polar surface area (TPSA) is 0 Å². The Balaban J connectivity index is 0.000000152. The number of hydrogen-bond donors (Lipinski definition) is 0. The van der Waals surface area contributed by atoms with E-state index >= 15 is 0 Å². The smallest absolute Gasteiger partial charge is 0.000884 e. The second kappa shape index (κ2) is 12.3. The third-order valence-electron chi connectivity index (χ3n) is 7.11. The molecule has 1 heteroatoms. The van der Waals surface area contributed by atoms with Crippen molar-refractivity contribution in [3.63, 3.8) is 0 Å². The third-order valence-corrected chi connectivity index (χ3v) is 9.48. The van der Waals surface area contributed by atoms with Crippen LogP contribution in [0.25, 0.3) is 32.7 Å². The molecule has 2 radical (unpaired) electrons. The lowest BCUT2D eigenvalue weighted by Crippen LogP contribution is -2.20. The van der Waals surface area contributed by atoms with E-state index in [1.165, 1.54) is 59.7 Å². The van der Waals surface area contributed by atoms with Gasteiger partial charge in [0.1, 0.15) is 0 Å².